The van der Waals surface area contributed by atoms with Crippen LogP contribution in [0, 0.1) is 79.3 Å². The van der Waals surface area contributed by atoms with Crippen LogP contribution in [0.15, 0.2) is 30.3 Å². The standard InChI is InChI=1S/C52H80N2O6S/c1-34(54-27-29-61(58,59)30-28-54)32-53-51-22-17-36(47(6)23-24-47)42(51)37-15-16-41-48(7)20-18-40(45(2,3)39(48)19-21-50(41,9)49(37,8)25-26-51)52(44(56)57)31-38(46(52,4)5)43(55)60-33-35-13-11-10-12-14-35/h10-14,34,36-42,53H,15-33H2,1-9H3,(H,56,57)/t34-,36+,37+,38-,39+,40-,41+,42+,48+,49+,50+,51-,52+/m0/s1. The molecule has 0 radical (unpaired) electrons. The second kappa shape index (κ2) is 14.5. The summed E-state index contributed by atoms with van der Waals surface area (Å²) in [4.78, 5) is 29.9. The van der Waals surface area contributed by atoms with Crippen LogP contribution in [0.25, 0.3) is 0 Å². The summed E-state index contributed by atoms with van der Waals surface area (Å²) in [6.45, 7) is 24.4. The number of ether oxygens (including phenoxy) is 1. The van der Waals surface area contributed by atoms with E-state index in [4.69, 9.17) is 4.74 Å². The van der Waals surface area contributed by atoms with Crippen LogP contribution in [0.5, 0.6) is 0 Å². The molecule has 1 heterocycles. The van der Waals surface area contributed by atoms with Crippen LogP contribution in [0.3, 0.4) is 0 Å². The van der Waals surface area contributed by atoms with Gasteiger partial charge in [0.2, 0.25) is 0 Å². The predicted molar refractivity (Wildman–Crippen MR) is 241 cm³/mol. The Bertz CT molecular complexity index is 1980. The molecule has 0 spiro atoms. The van der Waals surface area contributed by atoms with Gasteiger partial charge in [0.25, 0.3) is 0 Å². The number of fused-ring (bicyclic) bond motifs is 7. The summed E-state index contributed by atoms with van der Waals surface area (Å²) in [5, 5.41) is 15.7. The molecule has 340 valence electrons. The predicted octanol–water partition coefficient (Wildman–Crippen LogP) is 9.81. The third kappa shape index (κ3) is 6.38. The maximum absolute atomic E-state index is 13.8. The van der Waals surface area contributed by atoms with Crippen LogP contribution < -0.4 is 5.32 Å². The summed E-state index contributed by atoms with van der Waals surface area (Å²) >= 11 is 0. The summed E-state index contributed by atoms with van der Waals surface area (Å²) in [7, 11) is -2.90. The van der Waals surface area contributed by atoms with Gasteiger partial charge in [0.1, 0.15) is 6.61 Å². The maximum atomic E-state index is 13.8. The Morgan fingerprint density at radius 2 is 1.46 bits per heavy atom. The molecule has 7 aliphatic carbocycles. The Morgan fingerprint density at radius 1 is 0.787 bits per heavy atom. The van der Waals surface area contributed by atoms with Gasteiger partial charge in [0.05, 0.1) is 22.8 Å². The van der Waals surface area contributed by atoms with Crippen molar-refractivity contribution in [3.63, 3.8) is 0 Å². The molecule has 0 aromatic heterocycles. The molecule has 0 amide bonds. The van der Waals surface area contributed by atoms with Gasteiger partial charge in [0.15, 0.2) is 9.84 Å². The highest BCUT2D eigenvalue weighted by molar-refractivity contribution is 7.91. The van der Waals surface area contributed by atoms with Crippen LogP contribution in [0.2, 0.25) is 0 Å². The number of carboxylic acid groups (broad SMARTS) is 1. The largest absolute Gasteiger partial charge is 0.481 e. The van der Waals surface area contributed by atoms with Crippen molar-refractivity contribution in [1.29, 1.82) is 0 Å². The third-order valence-corrected chi connectivity index (χ3v) is 23.8. The highest BCUT2D eigenvalue weighted by Crippen LogP contribution is 2.80. The lowest BCUT2D eigenvalue weighted by Gasteiger charge is -2.75. The molecule has 61 heavy (non-hydrogen) atoms. The third-order valence-electron chi connectivity index (χ3n) is 22.2. The average Bonchev–Trinajstić information content (AvgIpc) is 3.82. The van der Waals surface area contributed by atoms with Crippen LogP contribution in [-0.2, 0) is 30.8 Å². The maximum Gasteiger partial charge on any atom is 0.310 e. The van der Waals surface area contributed by atoms with E-state index in [9.17, 15) is 23.1 Å². The molecule has 1 aliphatic heterocycles. The molecule has 9 rings (SSSR count). The first-order chi connectivity index (χ1) is 28.5. The van der Waals surface area contributed by atoms with Crippen molar-refractivity contribution in [3.05, 3.63) is 35.9 Å². The molecule has 1 aromatic rings. The molecule has 0 unspecified atom stereocenters. The Kier molecular flexibility index (Phi) is 10.5. The number of sulfone groups is 1. The fourth-order valence-corrected chi connectivity index (χ4v) is 19.3. The van der Waals surface area contributed by atoms with Gasteiger partial charge in [-0.2, -0.15) is 0 Å². The van der Waals surface area contributed by atoms with Gasteiger partial charge in [0, 0.05) is 31.2 Å². The van der Waals surface area contributed by atoms with Gasteiger partial charge < -0.3 is 15.2 Å². The average molecular weight is 861 g/mol. The lowest BCUT2D eigenvalue weighted by Crippen LogP contribution is -2.72. The van der Waals surface area contributed by atoms with Crippen molar-refractivity contribution < 1.29 is 27.9 Å². The van der Waals surface area contributed by atoms with Gasteiger partial charge in [-0.05, 0) is 164 Å². The lowest BCUT2D eigenvalue weighted by molar-refractivity contribution is -0.268. The van der Waals surface area contributed by atoms with Crippen LogP contribution >= 0.6 is 0 Å². The van der Waals surface area contributed by atoms with Crippen molar-refractivity contribution in [2.24, 2.45) is 79.3 Å². The highest BCUT2D eigenvalue weighted by atomic mass is 32.2. The Labute approximate surface area is 368 Å². The Balaban J connectivity index is 0.951. The first-order valence-corrected chi connectivity index (χ1v) is 26.5. The fraction of sp³-hybridized carbons (Fsp3) is 0.846. The Morgan fingerprint density at radius 3 is 2.10 bits per heavy atom. The van der Waals surface area contributed by atoms with Gasteiger partial charge in [-0.3, -0.25) is 14.5 Å². The molecule has 1 saturated heterocycles. The number of carbonyl (C=O) groups is 2. The minimum absolute atomic E-state index is 0.0170. The number of carboxylic acids is 1. The van der Waals surface area contributed by atoms with Crippen molar-refractivity contribution >= 4 is 21.8 Å². The van der Waals surface area contributed by atoms with Crippen LogP contribution in [-0.4, -0.2) is 73.1 Å². The molecule has 8 nitrogen and oxygen atoms in total. The number of nitrogens with zero attached hydrogens (tertiary/aromatic N) is 1. The summed E-state index contributed by atoms with van der Waals surface area (Å²) in [6.07, 6.45) is 15.1. The fourth-order valence-electron chi connectivity index (χ4n) is 18.1. The molecule has 1 aromatic carbocycles. The zero-order valence-corrected chi connectivity index (χ0v) is 40.1. The number of aliphatic carboxylic acids is 1. The first-order valence-electron chi connectivity index (χ1n) is 24.6. The van der Waals surface area contributed by atoms with Crippen molar-refractivity contribution in [1.82, 2.24) is 10.2 Å². The minimum atomic E-state index is -2.90. The van der Waals surface area contributed by atoms with Gasteiger partial charge in [-0.1, -0.05) is 85.7 Å². The van der Waals surface area contributed by atoms with E-state index in [0.29, 0.717) is 54.6 Å². The molecular weight excluding hydrogens is 781 g/mol. The number of rotatable bonds is 10. The molecule has 2 N–H and O–H groups in total. The number of hydrogen-bond donors (Lipinski definition) is 2. The lowest BCUT2D eigenvalue weighted by atomic mass is 9.29. The molecular formula is C52H80N2O6S. The minimum Gasteiger partial charge on any atom is -0.481 e. The SMILES string of the molecule is C[C@@H](CN[C@]12CC[C@@H](C3(C)CC3)[C@@H]1[C@H]1CC[C@@H]3[C@]4(C)CC[C@H]([C@@]5(C(=O)O)C[C@@H](C(=O)OCc6ccccc6)C5(C)C)C(C)(C)[C@H]4CC[C@@]3(C)[C@]1(C)CC2)N1CCS(=O)(=O)CC1. The first kappa shape index (κ1) is 44.2. The summed E-state index contributed by atoms with van der Waals surface area (Å²) in [5.74, 6) is 2.28. The molecule has 9 heteroatoms. The molecule has 8 fully saturated rings. The number of carbonyl (C=O) groups excluding carboxylic acids is 1. The molecule has 13 atom stereocenters. The number of esters is 1. The molecule has 0 bridgehead atoms. The van der Waals surface area contributed by atoms with Crippen LogP contribution in [0.4, 0.5) is 0 Å². The van der Waals surface area contributed by atoms with E-state index < -0.39 is 32.6 Å². The van der Waals surface area contributed by atoms with Crippen molar-refractivity contribution in [2.75, 3.05) is 31.1 Å². The van der Waals surface area contributed by atoms with E-state index in [1.807, 2.05) is 44.2 Å². The second-order valence-corrected chi connectivity index (χ2v) is 27.1. The van der Waals surface area contributed by atoms with Gasteiger partial charge in [-0.25, -0.2) is 8.42 Å². The molecule has 7 saturated carbocycles. The number of benzene rings is 1. The summed E-state index contributed by atoms with van der Waals surface area (Å²) < 4.78 is 30.4. The second-order valence-electron chi connectivity index (χ2n) is 24.8. The van der Waals surface area contributed by atoms with E-state index in [0.717, 1.165) is 37.3 Å². The van der Waals surface area contributed by atoms with E-state index >= 15 is 0 Å². The van der Waals surface area contributed by atoms with E-state index in [2.05, 4.69) is 58.7 Å². The van der Waals surface area contributed by atoms with Crippen LogP contribution in [0.1, 0.15) is 151 Å². The van der Waals surface area contributed by atoms with Crippen molar-refractivity contribution in [2.45, 2.75) is 164 Å². The van der Waals surface area contributed by atoms with E-state index in [1.54, 1.807) is 0 Å². The number of nitrogens with one attached hydrogen (secondary N) is 1. The van der Waals surface area contributed by atoms with E-state index in [1.165, 1.54) is 57.8 Å². The van der Waals surface area contributed by atoms with Gasteiger partial charge in [-0.15, -0.1) is 0 Å². The van der Waals surface area contributed by atoms with E-state index in [-0.39, 0.29) is 57.2 Å². The summed E-state index contributed by atoms with van der Waals surface area (Å²) in [5.41, 5.74) is 0.274. The highest BCUT2D eigenvalue weighted by Gasteiger charge is 2.77. The Hall–Kier alpha value is -1.97. The zero-order chi connectivity index (χ0) is 43.8. The quantitative estimate of drug-likeness (QED) is 0.224. The molecule has 8 aliphatic rings. The summed E-state index contributed by atoms with van der Waals surface area (Å²) in [6, 6.07) is 10.1. The topological polar surface area (TPSA) is 113 Å². The van der Waals surface area contributed by atoms with Crippen molar-refractivity contribution in [3.8, 4) is 0 Å². The normalized spacial score (nSPS) is 45.8. The van der Waals surface area contributed by atoms with Gasteiger partial charge >= 0.3 is 11.9 Å². The zero-order valence-electron chi connectivity index (χ0n) is 39.3. The smallest absolute Gasteiger partial charge is 0.310 e. The number of hydrogen-bond acceptors (Lipinski definition) is 7. The monoisotopic (exact) mass is 861 g/mol.